The summed E-state index contributed by atoms with van der Waals surface area (Å²) in [5.74, 6) is -2.19. The quantitative estimate of drug-likeness (QED) is 0.262. The molecule has 230 valence electrons. The van der Waals surface area contributed by atoms with Crippen LogP contribution in [0, 0.1) is 11.3 Å². The second-order valence-electron chi connectivity index (χ2n) is 13.7. The molecule has 2 amide bonds. The molecule has 0 aromatic heterocycles. The zero-order valence-electron chi connectivity index (χ0n) is 27.1. The van der Waals surface area contributed by atoms with E-state index in [0.717, 1.165) is 5.56 Å². The largest absolute Gasteiger partial charge is 0.478 e. The lowest BCUT2D eigenvalue weighted by Crippen LogP contribution is -2.61. The van der Waals surface area contributed by atoms with Gasteiger partial charge in [0.15, 0.2) is 0 Å². The van der Waals surface area contributed by atoms with Crippen molar-refractivity contribution in [1.29, 1.82) is 0 Å². The summed E-state index contributed by atoms with van der Waals surface area (Å²) in [6, 6.07) is 4.92. The predicted molar refractivity (Wildman–Crippen MR) is 162 cm³/mol. The summed E-state index contributed by atoms with van der Waals surface area (Å²) in [4.78, 5) is 53.0. The van der Waals surface area contributed by atoms with E-state index in [1.54, 1.807) is 44.4 Å². The Balaban J connectivity index is 3.31. The molecule has 9 nitrogen and oxygen atoms in total. The number of carboxylic acid groups (broad SMARTS) is 1. The molecule has 9 heteroatoms. The van der Waals surface area contributed by atoms with Crippen LogP contribution < -0.4 is 10.6 Å². The van der Waals surface area contributed by atoms with Crippen molar-refractivity contribution < 1.29 is 29.0 Å². The second kappa shape index (κ2) is 13.6. The van der Waals surface area contributed by atoms with Gasteiger partial charge in [0, 0.05) is 18.0 Å². The van der Waals surface area contributed by atoms with E-state index >= 15 is 0 Å². The SMILES string of the molecule is CNC(C(=O)NC(C(=O)N(C)C(/C=C(\C)C(=O)O)C(C)C)C(C)(C)C)C(C)(C)c1ccc(C(=O)OC(C)(C)C)cc1. The summed E-state index contributed by atoms with van der Waals surface area (Å²) < 4.78 is 5.45. The molecule has 1 aromatic carbocycles. The fourth-order valence-electron chi connectivity index (χ4n) is 4.66. The summed E-state index contributed by atoms with van der Waals surface area (Å²) >= 11 is 0. The summed E-state index contributed by atoms with van der Waals surface area (Å²) in [5, 5.41) is 15.5. The van der Waals surface area contributed by atoms with Crippen LogP contribution in [0.4, 0.5) is 0 Å². The van der Waals surface area contributed by atoms with Crippen LogP contribution in [0.25, 0.3) is 0 Å². The van der Waals surface area contributed by atoms with E-state index in [1.807, 2.05) is 69.2 Å². The van der Waals surface area contributed by atoms with Crippen LogP contribution in [0.1, 0.15) is 92.1 Å². The normalized spacial score (nSPS) is 15.1. The summed E-state index contributed by atoms with van der Waals surface area (Å²) in [6.07, 6.45) is 1.58. The van der Waals surface area contributed by atoms with Crippen molar-refractivity contribution in [2.24, 2.45) is 11.3 Å². The minimum atomic E-state index is -1.05. The lowest BCUT2D eigenvalue weighted by molar-refractivity contribution is -0.141. The van der Waals surface area contributed by atoms with Gasteiger partial charge in [0.2, 0.25) is 11.8 Å². The van der Waals surface area contributed by atoms with Crippen molar-refractivity contribution in [1.82, 2.24) is 15.5 Å². The monoisotopic (exact) mass is 573 g/mol. The Morgan fingerprint density at radius 3 is 1.83 bits per heavy atom. The third kappa shape index (κ3) is 9.69. The van der Waals surface area contributed by atoms with Crippen molar-refractivity contribution in [3.05, 3.63) is 47.0 Å². The molecule has 3 unspecified atom stereocenters. The zero-order valence-corrected chi connectivity index (χ0v) is 27.1. The number of carbonyl (C=O) groups is 4. The molecular formula is C32H51N3O6. The van der Waals surface area contributed by atoms with Gasteiger partial charge >= 0.3 is 11.9 Å². The Morgan fingerprint density at radius 2 is 1.44 bits per heavy atom. The lowest BCUT2D eigenvalue weighted by Gasteiger charge is -2.40. The number of hydrogen-bond donors (Lipinski definition) is 3. The fourth-order valence-corrected chi connectivity index (χ4v) is 4.66. The number of nitrogens with one attached hydrogen (secondary N) is 2. The van der Waals surface area contributed by atoms with Crippen LogP contribution >= 0.6 is 0 Å². The van der Waals surface area contributed by atoms with Crippen LogP contribution in [-0.2, 0) is 24.5 Å². The van der Waals surface area contributed by atoms with Gasteiger partial charge < -0.3 is 25.4 Å². The van der Waals surface area contributed by atoms with Gasteiger partial charge in [-0.1, -0.05) is 66.7 Å². The number of rotatable bonds is 11. The first-order chi connectivity index (χ1) is 18.5. The average Bonchev–Trinajstić information content (AvgIpc) is 2.83. The van der Waals surface area contributed by atoms with Gasteiger partial charge in [0.1, 0.15) is 11.6 Å². The number of esters is 1. The van der Waals surface area contributed by atoms with Crippen molar-refractivity contribution in [3.63, 3.8) is 0 Å². The molecule has 0 saturated heterocycles. The Hall–Kier alpha value is -3.20. The average molecular weight is 574 g/mol. The number of likely N-dealkylation sites (N-methyl/N-ethyl adjacent to an activating group) is 2. The zero-order chi connectivity index (χ0) is 32.1. The number of amides is 2. The molecule has 3 atom stereocenters. The van der Waals surface area contributed by atoms with Gasteiger partial charge in [0.05, 0.1) is 17.6 Å². The summed E-state index contributed by atoms with van der Waals surface area (Å²) in [6.45, 7) is 20.2. The number of nitrogens with zero attached hydrogens (tertiary/aromatic N) is 1. The third-order valence-electron chi connectivity index (χ3n) is 7.17. The highest BCUT2D eigenvalue weighted by Gasteiger charge is 2.41. The molecule has 0 spiro atoms. The third-order valence-corrected chi connectivity index (χ3v) is 7.17. The molecule has 0 aliphatic heterocycles. The van der Waals surface area contributed by atoms with Gasteiger partial charge in [-0.15, -0.1) is 0 Å². The maximum Gasteiger partial charge on any atom is 0.338 e. The molecule has 0 heterocycles. The summed E-state index contributed by atoms with van der Waals surface area (Å²) in [5.41, 5.74) is -0.576. The Labute approximate surface area is 246 Å². The Kier molecular flexibility index (Phi) is 11.9. The van der Waals surface area contributed by atoms with E-state index in [9.17, 15) is 24.3 Å². The van der Waals surface area contributed by atoms with Crippen molar-refractivity contribution >= 4 is 23.8 Å². The highest BCUT2D eigenvalue weighted by atomic mass is 16.6. The molecule has 1 rings (SSSR count). The molecule has 0 fully saturated rings. The molecule has 0 aliphatic rings. The van der Waals surface area contributed by atoms with Gasteiger partial charge in [-0.25, -0.2) is 9.59 Å². The molecule has 3 N–H and O–H groups in total. The van der Waals surface area contributed by atoms with E-state index in [0.29, 0.717) is 5.56 Å². The number of aliphatic carboxylic acids is 1. The topological polar surface area (TPSA) is 125 Å². The number of ether oxygens (including phenoxy) is 1. The molecule has 1 aromatic rings. The molecule has 0 radical (unpaired) electrons. The maximum atomic E-state index is 13.8. The van der Waals surface area contributed by atoms with E-state index in [1.165, 1.54) is 11.8 Å². The van der Waals surface area contributed by atoms with Gasteiger partial charge in [-0.2, -0.15) is 0 Å². The van der Waals surface area contributed by atoms with E-state index < -0.39 is 46.5 Å². The molecule has 41 heavy (non-hydrogen) atoms. The van der Waals surface area contributed by atoms with E-state index in [2.05, 4.69) is 10.6 Å². The summed E-state index contributed by atoms with van der Waals surface area (Å²) in [7, 11) is 3.32. The molecule has 0 bridgehead atoms. The van der Waals surface area contributed by atoms with Crippen LogP contribution in [0.15, 0.2) is 35.9 Å². The van der Waals surface area contributed by atoms with Gasteiger partial charge in [-0.05, 0) is 63.8 Å². The molecular weight excluding hydrogens is 522 g/mol. The van der Waals surface area contributed by atoms with Crippen LogP contribution in [0.3, 0.4) is 0 Å². The van der Waals surface area contributed by atoms with Crippen molar-refractivity contribution in [2.45, 2.75) is 105 Å². The van der Waals surface area contributed by atoms with E-state index in [-0.39, 0.29) is 23.3 Å². The van der Waals surface area contributed by atoms with Gasteiger partial charge in [0.25, 0.3) is 0 Å². The molecule has 0 aliphatic carbocycles. The smallest absolute Gasteiger partial charge is 0.338 e. The number of carbonyl (C=O) groups excluding carboxylic acids is 3. The second-order valence-corrected chi connectivity index (χ2v) is 13.7. The van der Waals surface area contributed by atoms with Crippen molar-refractivity contribution in [2.75, 3.05) is 14.1 Å². The van der Waals surface area contributed by atoms with Gasteiger partial charge in [-0.3, -0.25) is 9.59 Å². The minimum absolute atomic E-state index is 0.0535. The Morgan fingerprint density at radius 1 is 0.927 bits per heavy atom. The first-order valence-electron chi connectivity index (χ1n) is 14.0. The minimum Gasteiger partial charge on any atom is -0.478 e. The van der Waals surface area contributed by atoms with Crippen molar-refractivity contribution in [3.8, 4) is 0 Å². The van der Waals surface area contributed by atoms with Crippen LogP contribution in [0.2, 0.25) is 0 Å². The number of benzene rings is 1. The Bertz CT molecular complexity index is 1120. The predicted octanol–water partition coefficient (Wildman–Crippen LogP) is 4.55. The van der Waals surface area contributed by atoms with E-state index in [4.69, 9.17) is 4.74 Å². The first kappa shape index (κ1) is 35.8. The highest BCUT2D eigenvalue weighted by molar-refractivity contribution is 5.92. The number of hydrogen-bond acceptors (Lipinski definition) is 6. The van der Waals surface area contributed by atoms with Crippen LogP contribution in [0.5, 0.6) is 0 Å². The standard InChI is InChI=1S/C32H51N3O6/c1-19(2)23(18-20(3)28(38)39)35(13)27(37)25(30(4,5)6)34-26(36)24(33-12)32(10,11)22-16-14-21(15-17-22)29(40)41-31(7,8)9/h14-19,23-25,33H,1-13H3,(H,34,36)(H,38,39)/b20-18+. The fraction of sp³-hybridized carbons (Fsp3) is 0.625. The number of carboxylic acids is 1. The van der Waals surface area contributed by atoms with Crippen LogP contribution in [-0.4, -0.2) is 71.6 Å². The highest BCUT2D eigenvalue weighted by Crippen LogP contribution is 2.30. The maximum absolute atomic E-state index is 13.8. The lowest BCUT2D eigenvalue weighted by atomic mass is 9.76. The molecule has 0 saturated carbocycles. The first-order valence-corrected chi connectivity index (χ1v) is 14.0.